The minimum atomic E-state index is 0.721. The number of oxazole rings is 1. The van der Waals surface area contributed by atoms with Gasteiger partial charge in [-0.05, 0) is 37.7 Å². The number of nitrogens with two attached hydrogens (primary N) is 1. The highest BCUT2D eigenvalue weighted by molar-refractivity contribution is 5.76. The summed E-state index contributed by atoms with van der Waals surface area (Å²) < 4.78 is 5.69. The minimum absolute atomic E-state index is 0.721. The Balaban J connectivity index is 2.18. The topological polar surface area (TPSA) is 55.3 Å². The molecule has 4 nitrogen and oxygen atoms in total. The van der Waals surface area contributed by atoms with Gasteiger partial charge in [-0.3, -0.25) is 4.90 Å². The zero-order valence-electron chi connectivity index (χ0n) is 10.4. The minimum Gasteiger partial charge on any atom is -0.439 e. The predicted molar refractivity (Wildman–Crippen MR) is 69.7 cm³/mol. The summed E-state index contributed by atoms with van der Waals surface area (Å²) >= 11 is 0. The van der Waals surface area contributed by atoms with E-state index in [-0.39, 0.29) is 0 Å². The zero-order chi connectivity index (χ0) is 12.3. The van der Waals surface area contributed by atoms with E-state index in [2.05, 4.69) is 23.7 Å². The average molecular weight is 233 g/mol. The van der Waals surface area contributed by atoms with Crippen LogP contribution in [0.1, 0.15) is 26.2 Å². The number of benzene rings is 1. The first kappa shape index (κ1) is 11.9. The third-order valence-corrected chi connectivity index (χ3v) is 2.80. The van der Waals surface area contributed by atoms with Crippen molar-refractivity contribution in [1.82, 2.24) is 9.88 Å². The van der Waals surface area contributed by atoms with E-state index < -0.39 is 0 Å². The molecule has 0 saturated carbocycles. The molecule has 0 radical (unpaired) electrons. The molecule has 4 heteroatoms. The van der Waals surface area contributed by atoms with Crippen LogP contribution in [0, 0.1) is 0 Å². The van der Waals surface area contributed by atoms with Gasteiger partial charge < -0.3 is 10.2 Å². The van der Waals surface area contributed by atoms with E-state index in [1.54, 1.807) is 0 Å². The first-order chi connectivity index (χ1) is 8.22. The molecule has 0 saturated heterocycles. The van der Waals surface area contributed by atoms with Gasteiger partial charge >= 0.3 is 0 Å². The van der Waals surface area contributed by atoms with Crippen LogP contribution in [0.2, 0.25) is 0 Å². The van der Waals surface area contributed by atoms with Gasteiger partial charge in [-0.15, -0.1) is 0 Å². The Kier molecular flexibility index (Phi) is 3.64. The van der Waals surface area contributed by atoms with Gasteiger partial charge in [-0.25, -0.2) is 4.98 Å². The summed E-state index contributed by atoms with van der Waals surface area (Å²) in [5, 5.41) is 0. The van der Waals surface area contributed by atoms with Crippen molar-refractivity contribution >= 4 is 16.8 Å². The fourth-order valence-electron chi connectivity index (χ4n) is 1.92. The fourth-order valence-corrected chi connectivity index (χ4v) is 1.92. The Bertz CT molecular complexity index is 492. The van der Waals surface area contributed by atoms with Crippen molar-refractivity contribution in [3.05, 3.63) is 24.1 Å². The monoisotopic (exact) mass is 233 g/mol. The molecule has 0 atom stereocenters. The Morgan fingerprint density at radius 1 is 1.35 bits per heavy atom. The molecule has 1 aromatic carbocycles. The second-order valence-electron chi connectivity index (χ2n) is 4.20. The first-order valence-corrected chi connectivity index (χ1v) is 6.10. The molecule has 2 rings (SSSR count). The zero-order valence-corrected chi connectivity index (χ0v) is 10.4. The van der Waals surface area contributed by atoms with Crippen LogP contribution in [0.25, 0.3) is 11.1 Å². The van der Waals surface area contributed by atoms with Crippen molar-refractivity contribution in [2.45, 2.75) is 26.8 Å². The number of fused-ring (bicyclic) bond motifs is 1. The molecule has 2 aromatic rings. The number of nitrogen functional groups attached to an aromatic ring is 1. The summed E-state index contributed by atoms with van der Waals surface area (Å²) in [6.07, 6.45) is 1.14. The third-order valence-electron chi connectivity index (χ3n) is 2.80. The summed E-state index contributed by atoms with van der Waals surface area (Å²) in [6, 6.07) is 5.55. The van der Waals surface area contributed by atoms with Crippen molar-refractivity contribution in [2.24, 2.45) is 0 Å². The van der Waals surface area contributed by atoms with Gasteiger partial charge in [-0.1, -0.05) is 13.8 Å². The fraction of sp³-hybridized carbons (Fsp3) is 0.462. The van der Waals surface area contributed by atoms with Crippen molar-refractivity contribution in [3.8, 4) is 0 Å². The molecule has 0 unspecified atom stereocenters. The standard InChI is InChI=1S/C13H19N3O/c1-3-7-16(4-2)9-13-15-11-8-10(14)5-6-12(11)17-13/h5-6,8H,3-4,7,9,14H2,1-2H3. The number of hydrogen-bond acceptors (Lipinski definition) is 4. The summed E-state index contributed by atoms with van der Waals surface area (Å²) in [6.45, 7) is 7.16. The van der Waals surface area contributed by atoms with Crippen LogP contribution < -0.4 is 5.73 Å². The summed E-state index contributed by atoms with van der Waals surface area (Å²) in [5.74, 6) is 0.765. The van der Waals surface area contributed by atoms with Crippen LogP contribution >= 0.6 is 0 Å². The molecule has 92 valence electrons. The molecule has 0 fully saturated rings. The quantitative estimate of drug-likeness (QED) is 0.807. The maximum atomic E-state index is 5.72. The van der Waals surface area contributed by atoms with Crippen molar-refractivity contribution < 1.29 is 4.42 Å². The molecular formula is C13H19N3O. The molecule has 2 N–H and O–H groups in total. The lowest BCUT2D eigenvalue weighted by Crippen LogP contribution is -2.23. The number of hydrogen-bond donors (Lipinski definition) is 1. The highest BCUT2D eigenvalue weighted by Crippen LogP contribution is 2.19. The Hall–Kier alpha value is -1.55. The van der Waals surface area contributed by atoms with Crippen LogP contribution in [0.5, 0.6) is 0 Å². The number of nitrogens with zero attached hydrogens (tertiary/aromatic N) is 2. The molecule has 0 bridgehead atoms. The maximum absolute atomic E-state index is 5.72. The SMILES string of the molecule is CCCN(CC)Cc1nc2cc(N)ccc2o1. The van der Waals surface area contributed by atoms with E-state index in [9.17, 15) is 0 Å². The molecule has 0 aliphatic rings. The van der Waals surface area contributed by atoms with Crippen LogP contribution in [-0.2, 0) is 6.54 Å². The van der Waals surface area contributed by atoms with Gasteiger partial charge in [0.05, 0.1) is 6.54 Å². The second-order valence-corrected chi connectivity index (χ2v) is 4.20. The van der Waals surface area contributed by atoms with Crippen molar-refractivity contribution in [2.75, 3.05) is 18.8 Å². The van der Waals surface area contributed by atoms with Crippen LogP contribution in [-0.4, -0.2) is 23.0 Å². The van der Waals surface area contributed by atoms with E-state index >= 15 is 0 Å². The lowest BCUT2D eigenvalue weighted by molar-refractivity contribution is 0.254. The van der Waals surface area contributed by atoms with E-state index in [0.29, 0.717) is 0 Å². The largest absolute Gasteiger partial charge is 0.439 e. The normalized spacial score (nSPS) is 11.5. The van der Waals surface area contributed by atoms with Gasteiger partial charge in [0.1, 0.15) is 5.52 Å². The first-order valence-electron chi connectivity index (χ1n) is 6.10. The molecule has 0 aliphatic carbocycles. The highest BCUT2D eigenvalue weighted by Gasteiger charge is 2.09. The summed E-state index contributed by atoms with van der Waals surface area (Å²) in [5.41, 5.74) is 8.08. The van der Waals surface area contributed by atoms with Gasteiger partial charge in [-0.2, -0.15) is 0 Å². The molecule has 1 aromatic heterocycles. The van der Waals surface area contributed by atoms with Gasteiger partial charge in [0, 0.05) is 5.69 Å². The Morgan fingerprint density at radius 2 is 2.18 bits per heavy atom. The average Bonchev–Trinajstić information content (AvgIpc) is 2.69. The summed E-state index contributed by atoms with van der Waals surface area (Å²) in [4.78, 5) is 6.77. The van der Waals surface area contributed by atoms with Crippen LogP contribution in [0.15, 0.2) is 22.6 Å². The number of rotatable bonds is 5. The van der Waals surface area contributed by atoms with E-state index in [1.165, 1.54) is 0 Å². The van der Waals surface area contributed by atoms with E-state index in [0.717, 1.165) is 48.7 Å². The van der Waals surface area contributed by atoms with E-state index in [4.69, 9.17) is 10.2 Å². The molecule has 17 heavy (non-hydrogen) atoms. The van der Waals surface area contributed by atoms with Crippen LogP contribution in [0.4, 0.5) is 5.69 Å². The molecule has 0 spiro atoms. The number of anilines is 1. The Morgan fingerprint density at radius 3 is 2.88 bits per heavy atom. The van der Waals surface area contributed by atoms with Crippen molar-refractivity contribution in [1.29, 1.82) is 0 Å². The van der Waals surface area contributed by atoms with Gasteiger partial charge in [0.25, 0.3) is 0 Å². The smallest absolute Gasteiger partial charge is 0.209 e. The maximum Gasteiger partial charge on any atom is 0.209 e. The molecule has 1 heterocycles. The lowest BCUT2D eigenvalue weighted by atomic mass is 10.3. The van der Waals surface area contributed by atoms with Crippen LogP contribution in [0.3, 0.4) is 0 Å². The predicted octanol–water partition coefficient (Wildman–Crippen LogP) is 2.64. The third kappa shape index (κ3) is 2.77. The molecule has 0 aliphatic heterocycles. The molecule has 0 amide bonds. The number of aromatic nitrogens is 1. The van der Waals surface area contributed by atoms with Gasteiger partial charge in [0.15, 0.2) is 5.58 Å². The van der Waals surface area contributed by atoms with E-state index in [1.807, 2.05) is 18.2 Å². The Labute approximate surface area is 101 Å². The second kappa shape index (κ2) is 5.19. The van der Waals surface area contributed by atoms with Gasteiger partial charge in [0.2, 0.25) is 5.89 Å². The highest BCUT2D eigenvalue weighted by atomic mass is 16.3. The van der Waals surface area contributed by atoms with Crippen molar-refractivity contribution in [3.63, 3.8) is 0 Å². The lowest BCUT2D eigenvalue weighted by Gasteiger charge is -2.16. The summed E-state index contributed by atoms with van der Waals surface area (Å²) in [7, 11) is 0. The molecular weight excluding hydrogens is 214 g/mol.